The van der Waals surface area contributed by atoms with Gasteiger partial charge in [0.25, 0.3) is 0 Å². The van der Waals surface area contributed by atoms with Crippen molar-refractivity contribution in [1.82, 2.24) is 10.2 Å². The number of nitrogens with one attached hydrogen (secondary N) is 1. The highest BCUT2D eigenvalue weighted by Crippen LogP contribution is 2.36. The molecule has 234 valence electrons. The van der Waals surface area contributed by atoms with Crippen LogP contribution in [-0.4, -0.2) is 56.8 Å². The third kappa shape index (κ3) is 7.91. The summed E-state index contributed by atoms with van der Waals surface area (Å²) in [5, 5.41) is 3.23. The van der Waals surface area contributed by atoms with Crippen LogP contribution in [-0.2, 0) is 32.6 Å². The van der Waals surface area contributed by atoms with Crippen LogP contribution in [0.5, 0.6) is 11.5 Å². The molecule has 9 nitrogen and oxygen atoms in total. The summed E-state index contributed by atoms with van der Waals surface area (Å²) >= 11 is 0. The van der Waals surface area contributed by atoms with E-state index in [4.69, 9.17) is 9.47 Å². The standard InChI is InChI=1S/C34H41N3O6S/c1-25-11-6-7-14-27(25)23-36(30(21-26-12-4-3-5-13-26)34(39)35-28-15-8-9-16-28)33(38)17-10-20-37(44(2,40)41)29-18-19-31-32(22-29)43-24-42-31/h3-7,11-14,18-19,22,28,30H,8-10,15-17,20-21,23-24H2,1-2H3,(H,35,39). The molecule has 0 saturated heterocycles. The highest BCUT2D eigenvalue weighted by atomic mass is 32.2. The van der Waals surface area contributed by atoms with Crippen LogP contribution in [0.1, 0.15) is 55.2 Å². The summed E-state index contributed by atoms with van der Waals surface area (Å²) in [7, 11) is -3.64. The van der Waals surface area contributed by atoms with Gasteiger partial charge in [-0.25, -0.2) is 8.42 Å². The van der Waals surface area contributed by atoms with E-state index in [1.54, 1.807) is 23.1 Å². The van der Waals surface area contributed by atoms with Crippen LogP contribution in [0.25, 0.3) is 0 Å². The molecule has 0 aromatic heterocycles. The minimum Gasteiger partial charge on any atom is -0.454 e. The summed E-state index contributed by atoms with van der Waals surface area (Å²) in [6.45, 7) is 2.46. The van der Waals surface area contributed by atoms with Crippen LogP contribution in [0.3, 0.4) is 0 Å². The molecule has 1 atom stereocenters. The largest absolute Gasteiger partial charge is 0.454 e. The smallest absolute Gasteiger partial charge is 0.243 e. The van der Waals surface area contributed by atoms with Crippen molar-refractivity contribution in [3.63, 3.8) is 0 Å². The highest BCUT2D eigenvalue weighted by Gasteiger charge is 2.32. The fraction of sp³-hybridized carbons (Fsp3) is 0.412. The van der Waals surface area contributed by atoms with Gasteiger partial charge in [-0.2, -0.15) is 0 Å². The minimum absolute atomic E-state index is 0.0739. The van der Waals surface area contributed by atoms with Crippen molar-refractivity contribution in [2.75, 3.05) is 23.9 Å². The molecule has 2 aliphatic rings. The van der Waals surface area contributed by atoms with Crippen molar-refractivity contribution in [3.05, 3.63) is 89.5 Å². The lowest BCUT2D eigenvalue weighted by Gasteiger charge is -2.33. The van der Waals surface area contributed by atoms with E-state index < -0.39 is 16.1 Å². The van der Waals surface area contributed by atoms with Crippen molar-refractivity contribution < 1.29 is 27.5 Å². The van der Waals surface area contributed by atoms with E-state index in [2.05, 4.69) is 5.32 Å². The summed E-state index contributed by atoms with van der Waals surface area (Å²) in [6, 6.07) is 22.0. The number of sulfonamides is 1. The molecule has 10 heteroatoms. The zero-order chi connectivity index (χ0) is 31.1. The molecular weight excluding hydrogens is 578 g/mol. The van der Waals surface area contributed by atoms with Gasteiger partial charge in [0.2, 0.25) is 28.6 Å². The van der Waals surface area contributed by atoms with E-state index >= 15 is 0 Å². The van der Waals surface area contributed by atoms with Gasteiger partial charge >= 0.3 is 0 Å². The number of hydrogen-bond acceptors (Lipinski definition) is 6. The topological polar surface area (TPSA) is 105 Å². The lowest BCUT2D eigenvalue weighted by Crippen LogP contribution is -2.52. The molecule has 44 heavy (non-hydrogen) atoms. The van der Waals surface area contributed by atoms with E-state index in [0.29, 0.717) is 23.6 Å². The van der Waals surface area contributed by atoms with E-state index in [9.17, 15) is 18.0 Å². The molecule has 1 aliphatic heterocycles. The lowest BCUT2D eigenvalue weighted by atomic mass is 10.0. The number of anilines is 1. The first-order chi connectivity index (χ1) is 21.2. The molecule has 1 saturated carbocycles. The second-order valence-electron chi connectivity index (χ2n) is 11.6. The van der Waals surface area contributed by atoms with Gasteiger partial charge in [0.05, 0.1) is 11.9 Å². The number of carbonyl (C=O) groups excluding carboxylic acids is 2. The Hall–Kier alpha value is -4.05. The zero-order valence-electron chi connectivity index (χ0n) is 25.4. The fourth-order valence-electron chi connectivity index (χ4n) is 5.94. The van der Waals surface area contributed by atoms with Crippen molar-refractivity contribution in [2.45, 2.75) is 70.5 Å². The quantitative estimate of drug-likeness (QED) is 0.290. The Morgan fingerprint density at radius 2 is 1.66 bits per heavy atom. The van der Waals surface area contributed by atoms with Crippen molar-refractivity contribution in [1.29, 1.82) is 0 Å². The number of fused-ring (bicyclic) bond motifs is 1. The predicted octanol–water partition coefficient (Wildman–Crippen LogP) is 4.97. The first-order valence-corrected chi connectivity index (χ1v) is 17.1. The molecule has 0 radical (unpaired) electrons. The third-order valence-corrected chi connectivity index (χ3v) is 9.56. The van der Waals surface area contributed by atoms with Gasteiger partial charge in [0.15, 0.2) is 11.5 Å². The Kier molecular flexibility index (Phi) is 10.1. The normalized spacial score (nSPS) is 15.1. The number of aryl methyl sites for hydroxylation is 1. The second kappa shape index (κ2) is 14.2. The highest BCUT2D eigenvalue weighted by molar-refractivity contribution is 7.92. The molecule has 1 heterocycles. The second-order valence-corrected chi connectivity index (χ2v) is 13.5. The van der Waals surface area contributed by atoms with E-state index in [1.165, 1.54) is 4.31 Å². The van der Waals surface area contributed by atoms with Crippen LogP contribution < -0.4 is 19.1 Å². The average Bonchev–Trinajstić information content (AvgIpc) is 3.69. The van der Waals surface area contributed by atoms with Gasteiger partial charge in [0.1, 0.15) is 6.04 Å². The summed E-state index contributed by atoms with van der Waals surface area (Å²) < 4.78 is 37.7. The average molecular weight is 620 g/mol. The lowest BCUT2D eigenvalue weighted by molar-refractivity contribution is -0.141. The van der Waals surface area contributed by atoms with Crippen LogP contribution in [0.2, 0.25) is 0 Å². The Balaban J connectivity index is 1.38. The Labute approximate surface area is 260 Å². The first kappa shape index (κ1) is 31.4. The van der Waals surface area contributed by atoms with Crippen LogP contribution in [0, 0.1) is 6.92 Å². The molecule has 3 aromatic carbocycles. The summed E-state index contributed by atoms with van der Waals surface area (Å²) in [4.78, 5) is 29.7. The van der Waals surface area contributed by atoms with Crippen molar-refractivity contribution in [2.24, 2.45) is 0 Å². The van der Waals surface area contributed by atoms with Crippen molar-refractivity contribution >= 4 is 27.5 Å². The molecule has 1 fully saturated rings. The molecule has 5 rings (SSSR count). The number of benzene rings is 3. The number of nitrogens with zero attached hydrogens (tertiary/aromatic N) is 2. The number of carbonyl (C=O) groups is 2. The van der Waals surface area contributed by atoms with E-state index in [0.717, 1.165) is 48.6 Å². The van der Waals surface area contributed by atoms with Gasteiger partial charge in [-0.3, -0.25) is 13.9 Å². The maximum atomic E-state index is 14.1. The molecule has 1 aliphatic carbocycles. The maximum absolute atomic E-state index is 14.1. The Bertz CT molecular complexity index is 1560. The summed E-state index contributed by atoms with van der Waals surface area (Å²) in [5.74, 6) is 0.689. The SMILES string of the molecule is Cc1ccccc1CN(C(=O)CCCN(c1ccc2c(c1)OCO2)S(C)(=O)=O)C(Cc1ccccc1)C(=O)NC1CCCC1. The molecule has 1 N–H and O–H groups in total. The number of ether oxygens (including phenoxy) is 2. The molecule has 0 spiro atoms. The maximum Gasteiger partial charge on any atom is 0.243 e. The summed E-state index contributed by atoms with van der Waals surface area (Å²) in [6.07, 6.45) is 5.92. The summed E-state index contributed by atoms with van der Waals surface area (Å²) in [5.41, 5.74) is 3.41. The zero-order valence-corrected chi connectivity index (χ0v) is 26.2. The van der Waals surface area contributed by atoms with Gasteiger partial charge < -0.3 is 19.7 Å². The van der Waals surface area contributed by atoms with E-state index in [-0.39, 0.29) is 50.6 Å². The molecular formula is C34H41N3O6S. The van der Waals surface area contributed by atoms with E-state index in [1.807, 2.05) is 61.5 Å². The monoisotopic (exact) mass is 619 g/mol. The third-order valence-electron chi connectivity index (χ3n) is 8.37. The van der Waals surface area contributed by atoms with Crippen LogP contribution in [0.4, 0.5) is 5.69 Å². The number of hydrogen-bond donors (Lipinski definition) is 1. The Morgan fingerprint density at radius 3 is 2.39 bits per heavy atom. The number of rotatable bonds is 13. The molecule has 3 aromatic rings. The molecule has 2 amide bonds. The molecule has 0 bridgehead atoms. The van der Waals surface area contributed by atoms with Crippen molar-refractivity contribution in [3.8, 4) is 11.5 Å². The van der Waals surface area contributed by atoms with Crippen LogP contribution in [0.15, 0.2) is 72.8 Å². The molecule has 1 unspecified atom stereocenters. The number of amides is 2. The van der Waals surface area contributed by atoms with Gasteiger partial charge in [-0.15, -0.1) is 0 Å². The van der Waals surface area contributed by atoms with Gasteiger partial charge in [-0.1, -0.05) is 67.4 Å². The Morgan fingerprint density at radius 1 is 0.955 bits per heavy atom. The fourth-order valence-corrected chi connectivity index (χ4v) is 6.89. The first-order valence-electron chi connectivity index (χ1n) is 15.2. The van der Waals surface area contributed by atoms with Crippen LogP contribution >= 0.6 is 0 Å². The van der Waals surface area contributed by atoms with Gasteiger partial charge in [0, 0.05) is 38.0 Å². The minimum atomic E-state index is -3.64. The predicted molar refractivity (Wildman–Crippen MR) is 170 cm³/mol. The van der Waals surface area contributed by atoms with Gasteiger partial charge in [-0.05, 0) is 55.0 Å².